The van der Waals surface area contributed by atoms with Gasteiger partial charge < -0.3 is 5.11 Å². The zero-order chi connectivity index (χ0) is 11.8. The monoisotopic (exact) mass is 222 g/mol. The minimum Gasteiger partial charge on any atom is -0.481 e. The molecule has 1 saturated carbocycles. The molecule has 88 valence electrons. The largest absolute Gasteiger partial charge is 0.481 e. The topological polar surface area (TPSA) is 55.1 Å². The van der Waals surface area contributed by atoms with E-state index in [0.717, 1.165) is 25.1 Å². The summed E-state index contributed by atoms with van der Waals surface area (Å²) in [6, 6.07) is 1.94. The van der Waals surface area contributed by atoms with Crippen molar-refractivity contribution in [1.29, 1.82) is 0 Å². The Labute approximate surface area is 95.3 Å². The van der Waals surface area contributed by atoms with Crippen molar-refractivity contribution in [2.75, 3.05) is 0 Å². The fourth-order valence-electron chi connectivity index (χ4n) is 1.94. The van der Waals surface area contributed by atoms with Gasteiger partial charge >= 0.3 is 5.97 Å². The van der Waals surface area contributed by atoms with E-state index in [-0.39, 0.29) is 0 Å². The highest BCUT2D eigenvalue weighted by atomic mass is 16.4. The molecule has 0 aliphatic heterocycles. The Morgan fingerprint density at radius 2 is 2.31 bits per heavy atom. The summed E-state index contributed by atoms with van der Waals surface area (Å²) in [6.07, 6.45) is 4.10. The van der Waals surface area contributed by atoms with Crippen molar-refractivity contribution in [3.05, 3.63) is 18.0 Å². The summed E-state index contributed by atoms with van der Waals surface area (Å²) >= 11 is 0. The van der Waals surface area contributed by atoms with E-state index in [1.165, 1.54) is 0 Å². The third-order valence-electron chi connectivity index (χ3n) is 3.07. The van der Waals surface area contributed by atoms with E-state index in [4.69, 9.17) is 5.11 Å². The molecule has 16 heavy (non-hydrogen) atoms. The Hall–Kier alpha value is -1.32. The number of nitrogens with zero attached hydrogens (tertiary/aromatic N) is 2. The lowest BCUT2D eigenvalue weighted by molar-refractivity contribution is -0.143. The molecule has 0 spiro atoms. The van der Waals surface area contributed by atoms with Gasteiger partial charge in [0.1, 0.15) is 0 Å². The first-order chi connectivity index (χ1) is 7.52. The van der Waals surface area contributed by atoms with Crippen LogP contribution in [0.25, 0.3) is 0 Å². The molecule has 0 bridgehead atoms. The fourth-order valence-corrected chi connectivity index (χ4v) is 1.94. The van der Waals surface area contributed by atoms with Crippen LogP contribution in [0.15, 0.2) is 12.3 Å². The van der Waals surface area contributed by atoms with Crippen LogP contribution in [-0.4, -0.2) is 20.9 Å². The molecule has 4 nitrogen and oxygen atoms in total. The molecule has 0 saturated heterocycles. The Morgan fingerprint density at radius 1 is 1.62 bits per heavy atom. The summed E-state index contributed by atoms with van der Waals surface area (Å²) in [7, 11) is 0. The van der Waals surface area contributed by atoms with E-state index >= 15 is 0 Å². The molecule has 0 amide bonds. The van der Waals surface area contributed by atoms with Crippen LogP contribution in [-0.2, 0) is 17.8 Å². The molecule has 0 atom stereocenters. The SMILES string of the molecule is CC(C)Cn1ccc(CC2(C(=O)O)CC2)n1. The maximum absolute atomic E-state index is 11.0. The van der Waals surface area contributed by atoms with Crippen molar-refractivity contribution in [3.8, 4) is 0 Å². The number of rotatable bonds is 5. The second kappa shape index (κ2) is 3.92. The van der Waals surface area contributed by atoms with Gasteiger partial charge in [-0.1, -0.05) is 13.8 Å². The summed E-state index contributed by atoms with van der Waals surface area (Å²) < 4.78 is 1.90. The number of aliphatic carboxylic acids is 1. The van der Waals surface area contributed by atoms with E-state index in [1.807, 2.05) is 16.9 Å². The lowest BCUT2D eigenvalue weighted by Gasteiger charge is -2.07. The van der Waals surface area contributed by atoms with E-state index in [0.29, 0.717) is 12.3 Å². The van der Waals surface area contributed by atoms with Crippen LogP contribution in [0.4, 0.5) is 0 Å². The molecule has 1 aliphatic carbocycles. The molecule has 0 radical (unpaired) electrons. The van der Waals surface area contributed by atoms with E-state index in [9.17, 15) is 4.79 Å². The Bertz CT molecular complexity index is 391. The van der Waals surface area contributed by atoms with Gasteiger partial charge in [0.15, 0.2) is 0 Å². The zero-order valence-electron chi connectivity index (χ0n) is 9.81. The summed E-state index contributed by atoms with van der Waals surface area (Å²) in [4.78, 5) is 11.0. The van der Waals surface area contributed by atoms with E-state index in [2.05, 4.69) is 18.9 Å². The number of carbonyl (C=O) groups is 1. The molecule has 0 unspecified atom stereocenters. The van der Waals surface area contributed by atoms with Gasteiger partial charge in [-0.25, -0.2) is 0 Å². The van der Waals surface area contributed by atoms with Crippen LogP contribution in [0.3, 0.4) is 0 Å². The highest BCUT2D eigenvalue weighted by molar-refractivity contribution is 5.78. The minimum absolute atomic E-state index is 0.503. The minimum atomic E-state index is -0.675. The second-order valence-corrected chi connectivity index (χ2v) is 5.19. The Kier molecular flexibility index (Phi) is 2.74. The smallest absolute Gasteiger partial charge is 0.310 e. The van der Waals surface area contributed by atoms with Crippen molar-refractivity contribution in [1.82, 2.24) is 9.78 Å². The number of aromatic nitrogens is 2. The van der Waals surface area contributed by atoms with Gasteiger partial charge in [-0.3, -0.25) is 9.48 Å². The molecule has 0 aromatic carbocycles. The quantitative estimate of drug-likeness (QED) is 0.828. The normalized spacial score (nSPS) is 17.7. The van der Waals surface area contributed by atoms with Crippen molar-refractivity contribution in [3.63, 3.8) is 0 Å². The van der Waals surface area contributed by atoms with Crippen molar-refractivity contribution >= 4 is 5.97 Å². The highest BCUT2D eigenvalue weighted by Gasteiger charge is 2.50. The molecule has 1 aliphatic rings. The van der Waals surface area contributed by atoms with Gasteiger partial charge in [0.05, 0.1) is 11.1 Å². The summed E-state index contributed by atoms with van der Waals surface area (Å²) in [5, 5.41) is 13.5. The first-order valence-corrected chi connectivity index (χ1v) is 5.77. The van der Waals surface area contributed by atoms with Gasteiger partial charge in [0.2, 0.25) is 0 Å². The van der Waals surface area contributed by atoms with Gasteiger partial charge in [0, 0.05) is 19.2 Å². The molecule has 1 heterocycles. The molecule has 1 aromatic heterocycles. The van der Waals surface area contributed by atoms with Crippen LogP contribution in [0.5, 0.6) is 0 Å². The van der Waals surface area contributed by atoms with Gasteiger partial charge in [-0.2, -0.15) is 5.10 Å². The molecular formula is C12H18N2O2. The maximum atomic E-state index is 11.0. The third kappa shape index (κ3) is 2.26. The van der Waals surface area contributed by atoms with Crippen LogP contribution in [0.1, 0.15) is 32.4 Å². The number of carboxylic acids is 1. The molecule has 4 heteroatoms. The van der Waals surface area contributed by atoms with Crippen molar-refractivity contribution in [2.45, 2.75) is 39.7 Å². The molecule has 1 N–H and O–H groups in total. The maximum Gasteiger partial charge on any atom is 0.310 e. The molecule has 2 rings (SSSR count). The van der Waals surface area contributed by atoms with Gasteiger partial charge in [-0.05, 0) is 24.8 Å². The average molecular weight is 222 g/mol. The van der Waals surface area contributed by atoms with Crippen LogP contribution >= 0.6 is 0 Å². The lowest BCUT2D eigenvalue weighted by Crippen LogP contribution is -2.18. The summed E-state index contributed by atoms with van der Waals surface area (Å²) in [5.74, 6) is -0.118. The summed E-state index contributed by atoms with van der Waals surface area (Å²) in [5.41, 5.74) is 0.400. The summed E-state index contributed by atoms with van der Waals surface area (Å²) in [6.45, 7) is 5.17. The van der Waals surface area contributed by atoms with E-state index in [1.54, 1.807) is 0 Å². The van der Waals surface area contributed by atoms with Crippen LogP contribution in [0, 0.1) is 11.3 Å². The molecule has 1 aromatic rings. The number of carboxylic acid groups (broad SMARTS) is 1. The molecule has 1 fully saturated rings. The van der Waals surface area contributed by atoms with Crippen molar-refractivity contribution < 1.29 is 9.90 Å². The fraction of sp³-hybridized carbons (Fsp3) is 0.667. The zero-order valence-corrected chi connectivity index (χ0v) is 9.81. The molecular weight excluding hydrogens is 204 g/mol. The van der Waals surface area contributed by atoms with Crippen molar-refractivity contribution in [2.24, 2.45) is 11.3 Å². The van der Waals surface area contributed by atoms with Gasteiger partial charge in [-0.15, -0.1) is 0 Å². The first kappa shape index (κ1) is 11.2. The average Bonchev–Trinajstić information content (AvgIpc) is 2.83. The number of hydrogen-bond acceptors (Lipinski definition) is 2. The predicted octanol–water partition coefficient (Wildman–Crippen LogP) is 1.95. The second-order valence-electron chi connectivity index (χ2n) is 5.19. The Morgan fingerprint density at radius 3 is 2.81 bits per heavy atom. The van der Waals surface area contributed by atoms with E-state index < -0.39 is 11.4 Å². The predicted molar refractivity (Wildman–Crippen MR) is 60.1 cm³/mol. The van der Waals surface area contributed by atoms with Crippen LogP contribution < -0.4 is 0 Å². The first-order valence-electron chi connectivity index (χ1n) is 5.77. The third-order valence-corrected chi connectivity index (χ3v) is 3.07. The Balaban J connectivity index is 2.00. The lowest BCUT2D eigenvalue weighted by atomic mass is 10.0. The van der Waals surface area contributed by atoms with Gasteiger partial charge in [0.25, 0.3) is 0 Å². The highest BCUT2D eigenvalue weighted by Crippen LogP contribution is 2.48. The van der Waals surface area contributed by atoms with Crippen LogP contribution in [0.2, 0.25) is 0 Å². The number of hydrogen-bond donors (Lipinski definition) is 1. The standard InChI is InChI=1S/C12H18N2O2/c1-9(2)8-14-6-3-10(13-14)7-12(4-5-12)11(15)16/h3,6,9H,4-5,7-8H2,1-2H3,(H,15,16).